The summed E-state index contributed by atoms with van der Waals surface area (Å²) in [6, 6.07) is 5.06. The van der Waals surface area contributed by atoms with Crippen LogP contribution in [0.3, 0.4) is 0 Å². The standard InChI is InChI=1S/C17H19F3N2O2/c1-10-15(11(2)24-21-10)9-22-8-14(23)7-16(22)12-4-3-5-13(6-12)17(18,19)20/h3-6,14,16,23H,7-9H2,1-2H3/t14-,16+/m1/s1. The van der Waals surface area contributed by atoms with Gasteiger partial charge in [-0.25, -0.2) is 0 Å². The zero-order valence-electron chi connectivity index (χ0n) is 13.5. The third kappa shape index (κ3) is 3.32. The van der Waals surface area contributed by atoms with E-state index in [4.69, 9.17) is 4.52 Å². The summed E-state index contributed by atoms with van der Waals surface area (Å²) in [5, 5.41) is 13.9. The minimum atomic E-state index is -4.38. The Labute approximate surface area is 137 Å². The van der Waals surface area contributed by atoms with Gasteiger partial charge in [0.05, 0.1) is 17.4 Å². The van der Waals surface area contributed by atoms with Gasteiger partial charge in [0.1, 0.15) is 5.76 Å². The predicted octanol–water partition coefficient (Wildman–Crippen LogP) is 3.62. The second kappa shape index (κ2) is 6.22. The van der Waals surface area contributed by atoms with Gasteiger partial charge in [-0.3, -0.25) is 4.90 Å². The van der Waals surface area contributed by atoms with Crippen molar-refractivity contribution < 1.29 is 22.8 Å². The number of rotatable bonds is 3. The van der Waals surface area contributed by atoms with E-state index in [-0.39, 0.29) is 6.04 Å². The summed E-state index contributed by atoms with van der Waals surface area (Å²) in [7, 11) is 0. The van der Waals surface area contributed by atoms with Crippen molar-refractivity contribution in [2.24, 2.45) is 0 Å². The first kappa shape index (κ1) is 17.0. The predicted molar refractivity (Wildman–Crippen MR) is 81.2 cm³/mol. The molecule has 2 aromatic rings. The molecule has 0 aliphatic carbocycles. The molecule has 130 valence electrons. The second-order valence-corrected chi connectivity index (χ2v) is 6.26. The number of hydrogen-bond acceptors (Lipinski definition) is 4. The molecule has 7 heteroatoms. The second-order valence-electron chi connectivity index (χ2n) is 6.26. The van der Waals surface area contributed by atoms with Crippen molar-refractivity contribution in [2.45, 2.75) is 45.1 Å². The maximum atomic E-state index is 13.0. The van der Waals surface area contributed by atoms with E-state index in [1.165, 1.54) is 12.1 Å². The third-order valence-electron chi connectivity index (χ3n) is 4.52. The Bertz CT molecular complexity index is 707. The van der Waals surface area contributed by atoms with Crippen LogP contribution in [-0.2, 0) is 12.7 Å². The molecule has 0 radical (unpaired) electrons. The summed E-state index contributed by atoms with van der Waals surface area (Å²) in [4.78, 5) is 1.98. The Kier molecular flexibility index (Phi) is 4.40. The highest BCUT2D eigenvalue weighted by Crippen LogP contribution is 2.37. The molecule has 1 saturated heterocycles. The molecule has 2 heterocycles. The number of hydrogen-bond donors (Lipinski definition) is 1. The van der Waals surface area contributed by atoms with Gasteiger partial charge in [0.15, 0.2) is 0 Å². The highest BCUT2D eigenvalue weighted by atomic mass is 19.4. The average molecular weight is 340 g/mol. The lowest BCUT2D eigenvalue weighted by Crippen LogP contribution is -2.25. The first-order chi connectivity index (χ1) is 11.3. The summed E-state index contributed by atoms with van der Waals surface area (Å²) in [6.45, 7) is 4.53. The SMILES string of the molecule is Cc1noc(C)c1CN1C[C@H](O)C[C@H]1c1cccc(C(F)(F)F)c1. The minimum absolute atomic E-state index is 0.268. The Balaban J connectivity index is 1.88. The van der Waals surface area contributed by atoms with Crippen LogP contribution < -0.4 is 0 Å². The Morgan fingerprint density at radius 1 is 1.33 bits per heavy atom. The number of aryl methyl sites for hydroxylation is 2. The summed E-state index contributed by atoms with van der Waals surface area (Å²) in [5.74, 6) is 0.691. The van der Waals surface area contributed by atoms with Crippen LogP contribution in [0.15, 0.2) is 28.8 Å². The fourth-order valence-electron chi connectivity index (χ4n) is 3.25. The molecule has 0 amide bonds. The Morgan fingerprint density at radius 3 is 2.71 bits per heavy atom. The van der Waals surface area contributed by atoms with Gasteiger partial charge < -0.3 is 9.63 Å². The van der Waals surface area contributed by atoms with Crippen molar-refractivity contribution in [3.05, 3.63) is 52.4 Å². The lowest BCUT2D eigenvalue weighted by Gasteiger charge is -2.25. The van der Waals surface area contributed by atoms with E-state index in [1.54, 1.807) is 13.0 Å². The van der Waals surface area contributed by atoms with Gasteiger partial charge in [-0.1, -0.05) is 17.3 Å². The largest absolute Gasteiger partial charge is 0.416 e. The van der Waals surface area contributed by atoms with Crippen molar-refractivity contribution in [1.29, 1.82) is 0 Å². The number of halogens is 3. The molecule has 1 aromatic heterocycles. The van der Waals surface area contributed by atoms with Crippen LogP contribution in [-0.4, -0.2) is 27.8 Å². The van der Waals surface area contributed by atoms with Crippen molar-refractivity contribution in [2.75, 3.05) is 6.54 Å². The Hall–Kier alpha value is -1.86. The van der Waals surface area contributed by atoms with E-state index in [0.29, 0.717) is 30.8 Å². The number of β-amino-alcohol motifs (C(OH)–C–C–N with tert-alkyl or cyclic N) is 1. The van der Waals surface area contributed by atoms with E-state index in [2.05, 4.69) is 5.16 Å². The fourth-order valence-corrected chi connectivity index (χ4v) is 3.25. The van der Waals surface area contributed by atoms with Crippen LogP contribution in [0.25, 0.3) is 0 Å². The quantitative estimate of drug-likeness (QED) is 0.927. The molecule has 1 fully saturated rings. The summed E-state index contributed by atoms with van der Waals surface area (Å²) in [6.07, 6.45) is -4.53. The first-order valence-corrected chi connectivity index (χ1v) is 7.76. The number of aliphatic hydroxyl groups excluding tert-OH is 1. The maximum Gasteiger partial charge on any atom is 0.416 e. The van der Waals surface area contributed by atoms with Crippen molar-refractivity contribution in [3.8, 4) is 0 Å². The van der Waals surface area contributed by atoms with Crippen LogP contribution in [0.5, 0.6) is 0 Å². The van der Waals surface area contributed by atoms with Gasteiger partial charge in [0.2, 0.25) is 0 Å². The lowest BCUT2D eigenvalue weighted by atomic mass is 10.0. The molecule has 1 N–H and O–H groups in total. The number of benzene rings is 1. The number of aromatic nitrogens is 1. The molecule has 3 rings (SSSR count). The van der Waals surface area contributed by atoms with Crippen molar-refractivity contribution in [3.63, 3.8) is 0 Å². The zero-order valence-corrected chi connectivity index (χ0v) is 13.5. The fraction of sp³-hybridized carbons (Fsp3) is 0.471. The zero-order chi connectivity index (χ0) is 17.5. The van der Waals surface area contributed by atoms with Gasteiger partial charge in [-0.2, -0.15) is 13.2 Å². The molecular formula is C17H19F3N2O2. The summed E-state index contributed by atoms with van der Waals surface area (Å²) in [5.41, 5.74) is 1.57. The molecule has 4 nitrogen and oxygen atoms in total. The molecular weight excluding hydrogens is 321 g/mol. The molecule has 0 unspecified atom stereocenters. The van der Waals surface area contributed by atoms with E-state index >= 15 is 0 Å². The molecule has 0 spiro atoms. The smallest absolute Gasteiger partial charge is 0.392 e. The number of alkyl halides is 3. The van der Waals surface area contributed by atoms with E-state index in [9.17, 15) is 18.3 Å². The van der Waals surface area contributed by atoms with Gasteiger partial charge in [0, 0.05) is 24.7 Å². The molecule has 1 aliphatic rings. The average Bonchev–Trinajstić information content (AvgIpc) is 3.04. The van der Waals surface area contributed by atoms with Crippen LogP contribution >= 0.6 is 0 Å². The maximum absolute atomic E-state index is 13.0. The summed E-state index contributed by atoms with van der Waals surface area (Å²) < 4.78 is 44.0. The van der Waals surface area contributed by atoms with Gasteiger partial charge >= 0.3 is 6.18 Å². The van der Waals surface area contributed by atoms with Gasteiger partial charge in [-0.05, 0) is 38.0 Å². The van der Waals surface area contributed by atoms with Crippen molar-refractivity contribution >= 4 is 0 Å². The van der Waals surface area contributed by atoms with Crippen LogP contribution in [0.4, 0.5) is 13.2 Å². The first-order valence-electron chi connectivity index (χ1n) is 7.76. The van der Waals surface area contributed by atoms with E-state index < -0.39 is 17.8 Å². The van der Waals surface area contributed by atoms with Crippen LogP contribution in [0, 0.1) is 13.8 Å². The van der Waals surface area contributed by atoms with Gasteiger partial charge in [0.25, 0.3) is 0 Å². The number of nitrogens with zero attached hydrogens (tertiary/aromatic N) is 2. The molecule has 1 aromatic carbocycles. The molecule has 0 saturated carbocycles. The van der Waals surface area contributed by atoms with E-state index in [1.807, 2.05) is 11.8 Å². The highest BCUT2D eigenvalue weighted by molar-refractivity contribution is 5.29. The number of likely N-dealkylation sites (tertiary alicyclic amines) is 1. The minimum Gasteiger partial charge on any atom is -0.392 e. The molecule has 24 heavy (non-hydrogen) atoms. The van der Waals surface area contributed by atoms with Gasteiger partial charge in [-0.15, -0.1) is 0 Å². The van der Waals surface area contributed by atoms with Crippen LogP contribution in [0.2, 0.25) is 0 Å². The third-order valence-corrected chi connectivity index (χ3v) is 4.52. The topological polar surface area (TPSA) is 49.5 Å². The Morgan fingerprint density at radius 2 is 2.08 bits per heavy atom. The van der Waals surface area contributed by atoms with Crippen molar-refractivity contribution in [1.82, 2.24) is 10.1 Å². The lowest BCUT2D eigenvalue weighted by molar-refractivity contribution is -0.137. The molecule has 0 bridgehead atoms. The molecule has 2 atom stereocenters. The number of aliphatic hydroxyl groups is 1. The molecule has 1 aliphatic heterocycles. The van der Waals surface area contributed by atoms with E-state index in [0.717, 1.165) is 17.3 Å². The summed E-state index contributed by atoms with van der Waals surface area (Å²) >= 11 is 0. The normalized spacial score (nSPS) is 22.2. The van der Waals surface area contributed by atoms with Crippen LogP contribution in [0.1, 0.15) is 40.6 Å². The highest BCUT2D eigenvalue weighted by Gasteiger charge is 2.35. The monoisotopic (exact) mass is 340 g/mol.